The number of hydrogen-bond donors (Lipinski definition) is 3. The molecule has 9 heteroatoms. The van der Waals surface area contributed by atoms with Gasteiger partial charge in [0.1, 0.15) is 5.75 Å². The first-order valence-electron chi connectivity index (χ1n) is 7.05. The Hall–Kier alpha value is -2.15. The number of carbonyl (C=O) groups is 2. The third kappa shape index (κ3) is 6.01. The highest BCUT2D eigenvalue weighted by Crippen LogP contribution is 2.25. The molecule has 3 N–H and O–H groups in total. The standard InChI is InChI=1S/C16H14Cl3N3O3/c1-9-2-4-11(18)14(6-9)25-8-15(23)21-22-16(24)20-13-5-3-10(17)7-12(13)19/h2-7H,8H2,1H3,(H,21,23)(H2,20,22,24). The molecule has 2 aromatic carbocycles. The summed E-state index contributed by atoms with van der Waals surface area (Å²) in [6, 6.07) is 9.12. The van der Waals surface area contributed by atoms with Crippen molar-refractivity contribution in [3.05, 3.63) is 57.0 Å². The number of anilines is 1. The van der Waals surface area contributed by atoms with Crippen molar-refractivity contribution in [2.24, 2.45) is 0 Å². The number of nitrogens with one attached hydrogen (secondary N) is 3. The number of carbonyl (C=O) groups excluding carboxylic acids is 2. The van der Waals surface area contributed by atoms with Crippen molar-refractivity contribution in [3.63, 3.8) is 0 Å². The maximum atomic E-state index is 11.7. The number of urea groups is 1. The van der Waals surface area contributed by atoms with Crippen LogP contribution >= 0.6 is 34.8 Å². The summed E-state index contributed by atoms with van der Waals surface area (Å²) >= 11 is 17.7. The predicted molar refractivity (Wildman–Crippen MR) is 98.4 cm³/mol. The van der Waals surface area contributed by atoms with Crippen molar-refractivity contribution in [1.82, 2.24) is 10.9 Å². The van der Waals surface area contributed by atoms with E-state index in [4.69, 9.17) is 39.5 Å². The minimum atomic E-state index is -0.675. The van der Waals surface area contributed by atoms with Gasteiger partial charge >= 0.3 is 6.03 Å². The predicted octanol–water partition coefficient (Wildman–Crippen LogP) is 4.19. The lowest BCUT2D eigenvalue weighted by Gasteiger charge is -2.11. The minimum absolute atomic E-state index is 0.270. The molecule has 0 bridgehead atoms. The van der Waals surface area contributed by atoms with Gasteiger partial charge in [0.2, 0.25) is 0 Å². The molecule has 0 unspecified atom stereocenters. The second-order valence-corrected chi connectivity index (χ2v) is 6.22. The van der Waals surface area contributed by atoms with Crippen molar-refractivity contribution in [2.75, 3.05) is 11.9 Å². The van der Waals surface area contributed by atoms with Crippen LogP contribution in [0.1, 0.15) is 5.56 Å². The van der Waals surface area contributed by atoms with Gasteiger partial charge in [0, 0.05) is 5.02 Å². The number of rotatable bonds is 4. The summed E-state index contributed by atoms with van der Waals surface area (Å²) in [6.45, 7) is 1.56. The molecule has 0 aliphatic rings. The summed E-state index contributed by atoms with van der Waals surface area (Å²) in [5.74, 6) is -0.177. The van der Waals surface area contributed by atoms with Gasteiger partial charge < -0.3 is 10.1 Å². The fourth-order valence-corrected chi connectivity index (χ4v) is 2.40. The fraction of sp³-hybridized carbons (Fsp3) is 0.125. The van der Waals surface area contributed by atoms with E-state index >= 15 is 0 Å². The molecular weight excluding hydrogens is 389 g/mol. The molecule has 0 aliphatic heterocycles. The van der Waals surface area contributed by atoms with E-state index in [0.717, 1.165) is 5.56 Å². The van der Waals surface area contributed by atoms with Gasteiger partial charge in [0.25, 0.3) is 5.91 Å². The van der Waals surface area contributed by atoms with Crippen LogP contribution in [0.15, 0.2) is 36.4 Å². The highest BCUT2D eigenvalue weighted by Gasteiger charge is 2.09. The van der Waals surface area contributed by atoms with E-state index in [9.17, 15) is 9.59 Å². The Balaban J connectivity index is 1.79. The molecule has 0 aliphatic carbocycles. The maximum Gasteiger partial charge on any atom is 0.337 e. The van der Waals surface area contributed by atoms with Crippen LogP contribution in [0.2, 0.25) is 15.1 Å². The average Bonchev–Trinajstić information content (AvgIpc) is 2.56. The Bertz CT molecular complexity index is 799. The molecule has 2 aromatic rings. The quantitative estimate of drug-likeness (QED) is 0.671. The molecule has 132 valence electrons. The van der Waals surface area contributed by atoms with Gasteiger partial charge in [-0.05, 0) is 42.8 Å². The van der Waals surface area contributed by atoms with Gasteiger partial charge in [0.15, 0.2) is 6.61 Å². The Morgan fingerprint density at radius 3 is 2.48 bits per heavy atom. The van der Waals surface area contributed by atoms with Crippen LogP contribution in [-0.2, 0) is 4.79 Å². The van der Waals surface area contributed by atoms with Crippen molar-refractivity contribution in [3.8, 4) is 5.75 Å². The van der Waals surface area contributed by atoms with Crippen LogP contribution < -0.4 is 20.9 Å². The molecule has 0 saturated heterocycles. The largest absolute Gasteiger partial charge is 0.482 e. The second-order valence-electron chi connectivity index (χ2n) is 4.97. The van der Waals surface area contributed by atoms with Gasteiger partial charge in [-0.25, -0.2) is 10.2 Å². The van der Waals surface area contributed by atoms with E-state index in [1.165, 1.54) is 12.1 Å². The summed E-state index contributed by atoms with van der Waals surface area (Å²) in [5, 5.41) is 3.57. The van der Waals surface area contributed by atoms with E-state index in [1.807, 2.05) is 13.0 Å². The molecule has 0 heterocycles. The summed E-state index contributed by atoms with van der Waals surface area (Å²) in [6.07, 6.45) is 0. The van der Waals surface area contributed by atoms with Crippen LogP contribution in [0.4, 0.5) is 10.5 Å². The zero-order valence-electron chi connectivity index (χ0n) is 13.0. The summed E-state index contributed by atoms with van der Waals surface area (Å²) in [5.41, 5.74) is 5.67. The zero-order valence-corrected chi connectivity index (χ0v) is 15.3. The van der Waals surface area contributed by atoms with Crippen molar-refractivity contribution >= 4 is 52.4 Å². The Morgan fingerprint density at radius 2 is 1.76 bits per heavy atom. The first kappa shape index (κ1) is 19.2. The third-order valence-electron chi connectivity index (χ3n) is 2.94. The third-order valence-corrected chi connectivity index (χ3v) is 3.80. The van der Waals surface area contributed by atoms with Crippen molar-refractivity contribution < 1.29 is 14.3 Å². The molecule has 0 atom stereocenters. The first-order chi connectivity index (χ1) is 11.8. The molecule has 0 spiro atoms. The van der Waals surface area contributed by atoms with Crippen LogP contribution in [0.3, 0.4) is 0 Å². The fourth-order valence-electron chi connectivity index (χ4n) is 1.77. The number of amides is 3. The van der Waals surface area contributed by atoms with Crippen molar-refractivity contribution in [1.29, 1.82) is 0 Å². The average molecular weight is 403 g/mol. The number of aryl methyl sites for hydroxylation is 1. The summed E-state index contributed by atoms with van der Waals surface area (Å²) in [4.78, 5) is 23.5. The Kier molecular flexibility index (Phi) is 6.75. The number of halogens is 3. The smallest absolute Gasteiger partial charge is 0.337 e. The van der Waals surface area contributed by atoms with Gasteiger partial charge in [-0.15, -0.1) is 0 Å². The van der Waals surface area contributed by atoms with Gasteiger partial charge in [-0.1, -0.05) is 40.9 Å². The molecule has 0 saturated carbocycles. The van der Waals surface area contributed by atoms with E-state index in [0.29, 0.717) is 21.5 Å². The lowest BCUT2D eigenvalue weighted by atomic mass is 10.2. The van der Waals surface area contributed by atoms with Gasteiger partial charge in [-0.2, -0.15) is 0 Å². The Morgan fingerprint density at radius 1 is 1.00 bits per heavy atom. The molecule has 6 nitrogen and oxygen atoms in total. The molecule has 2 rings (SSSR count). The van der Waals surface area contributed by atoms with Crippen LogP contribution in [0, 0.1) is 6.92 Å². The molecular formula is C16H14Cl3N3O3. The topological polar surface area (TPSA) is 79.5 Å². The van der Waals surface area contributed by atoms with Gasteiger partial charge in [-0.3, -0.25) is 10.2 Å². The van der Waals surface area contributed by atoms with Crippen molar-refractivity contribution in [2.45, 2.75) is 6.92 Å². The highest BCUT2D eigenvalue weighted by molar-refractivity contribution is 6.36. The second kappa shape index (κ2) is 8.80. The lowest BCUT2D eigenvalue weighted by molar-refractivity contribution is -0.123. The minimum Gasteiger partial charge on any atom is -0.482 e. The monoisotopic (exact) mass is 401 g/mol. The number of hydrazine groups is 1. The number of ether oxygens (including phenoxy) is 1. The van der Waals surface area contributed by atoms with E-state index in [-0.39, 0.29) is 11.6 Å². The number of benzene rings is 2. The van der Waals surface area contributed by atoms with Crippen LogP contribution in [-0.4, -0.2) is 18.5 Å². The van der Waals surface area contributed by atoms with Crippen LogP contribution in [0.5, 0.6) is 5.75 Å². The Labute approximate surface area is 159 Å². The molecule has 0 aromatic heterocycles. The van der Waals surface area contributed by atoms with E-state index < -0.39 is 11.9 Å². The first-order valence-corrected chi connectivity index (χ1v) is 8.18. The van der Waals surface area contributed by atoms with E-state index in [1.54, 1.807) is 18.2 Å². The molecule has 0 radical (unpaired) electrons. The molecule has 0 fully saturated rings. The normalized spacial score (nSPS) is 10.1. The highest BCUT2D eigenvalue weighted by atomic mass is 35.5. The maximum absolute atomic E-state index is 11.7. The summed E-state index contributed by atoms with van der Waals surface area (Å²) < 4.78 is 5.31. The molecule has 25 heavy (non-hydrogen) atoms. The van der Waals surface area contributed by atoms with Gasteiger partial charge in [0.05, 0.1) is 15.7 Å². The number of hydrogen-bond acceptors (Lipinski definition) is 3. The molecule has 3 amide bonds. The SMILES string of the molecule is Cc1ccc(Cl)c(OCC(=O)NNC(=O)Nc2ccc(Cl)cc2Cl)c1. The van der Waals surface area contributed by atoms with E-state index in [2.05, 4.69) is 16.2 Å². The summed E-state index contributed by atoms with van der Waals surface area (Å²) in [7, 11) is 0. The van der Waals surface area contributed by atoms with Crippen LogP contribution in [0.25, 0.3) is 0 Å². The zero-order chi connectivity index (χ0) is 18.4. The lowest BCUT2D eigenvalue weighted by Crippen LogP contribution is -2.45.